The van der Waals surface area contributed by atoms with Crippen LogP contribution in [0.5, 0.6) is 5.75 Å². The van der Waals surface area contributed by atoms with Crippen molar-refractivity contribution in [1.82, 2.24) is 4.57 Å². The van der Waals surface area contributed by atoms with Gasteiger partial charge >= 0.3 is 0 Å². The zero-order valence-electron chi connectivity index (χ0n) is 16.7. The smallest absolute Gasteiger partial charge is 0.252 e. The molecule has 148 valence electrons. The maximum Gasteiger partial charge on any atom is 0.252 e. The standard InChI is InChI=1S/C24H24N2O3/c1-15-12-21(22(27)14-29-23-9-4-3-8-20(23)24(25)28)16(2)26(15)19-11-10-17-6-5-7-18(17)13-19/h3-4,8-13H,5-7,14H2,1-2H3,(H2,25,28). The molecule has 0 bridgehead atoms. The van der Waals surface area contributed by atoms with Gasteiger partial charge in [-0.2, -0.15) is 0 Å². The van der Waals surface area contributed by atoms with Crippen LogP contribution in [-0.4, -0.2) is 22.9 Å². The van der Waals surface area contributed by atoms with Gasteiger partial charge < -0.3 is 15.0 Å². The molecule has 1 aliphatic carbocycles. The summed E-state index contributed by atoms with van der Waals surface area (Å²) in [4.78, 5) is 24.4. The Labute approximate surface area is 170 Å². The summed E-state index contributed by atoms with van der Waals surface area (Å²) in [5.74, 6) is -0.395. The van der Waals surface area contributed by atoms with Crippen LogP contribution in [0.15, 0.2) is 48.5 Å². The molecular weight excluding hydrogens is 364 g/mol. The highest BCUT2D eigenvalue weighted by Crippen LogP contribution is 2.28. The summed E-state index contributed by atoms with van der Waals surface area (Å²) >= 11 is 0. The molecule has 0 saturated heterocycles. The van der Waals surface area contributed by atoms with Gasteiger partial charge in [-0.15, -0.1) is 0 Å². The Balaban J connectivity index is 1.58. The van der Waals surface area contributed by atoms with Crippen molar-refractivity contribution >= 4 is 11.7 Å². The van der Waals surface area contributed by atoms with Crippen LogP contribution in [0.25, 0.3) is 5.69 Å². The third-order valence-corrected chi connectivity index (χ3v) is 5.58. The highest BCUT2D eigenvalue weighted by Gasteiger charge is 2.19. The van der Waals surface area contributed by atoms with E-state index in [2.05, 4.69) is 22.8 Å². The fourth-order valence-electron chi connectivity index (χ4n) is 4.16. The fourth-order valence-corrected chi connectivity index (χ4v) is 4.16. The molecule has 0 spiro atoms. The second kappa shape index (κ2) is 7.59. The number of rotatable bonds is 6. The highest BCUT2D eigenvalue weighted by atomic mass is 16.5. The number of carbonyl (C=O) groups is 2. The van der Waals surface area contributed by atoms with Crippen LogP contribution in [0.4, 0.5) is 0 Å². The fraction of sp³-hybridized carbons (Fsp3) is 0.250. The van der Waals surface area contributed by atoms with E-state index in [1.807, 2.05) is 19.9 Å². The van der Waals surface area contributed by atoms with Gasteiger partial charge in [-0.25, -0.2) is 0 Å². The van der Waals surface area contributed by atoms with Gasteiger partial charge in [0.05, 0.1) is 5.56 Å². The number of ketones is 1. The van der Waals surface area contributed by atoms with Crippen molar-refractivity contribution in [2.24, 2.45) is 5.73 Å². The van der Waals surface area contributed by atoms with Gasteiger partial charge in [-0.1, -0.05) is 18.2 Å². The molecule has 0 fully saturated rings. The lowest BCUT2D eigenvalue weighted by Gasteiger charge is -2.12. The third kappa shape index (κ3) is 3.56. The Morgan fingerprint density at radius 2 is 1.76 bits per heavy atom. The Bertz CT molecular complexity index is 1110. The van der Waals surface area contributed by atoms with E-state index in [1.54, 1.807) is 24.3 Å². The van der Waals surface area contributed by atoms with Crippen molar-refractivity contribution < 1.29 is 14.3 Å². The lowest BCUT2D eigenvalue weighted by atomic mass is 10.1. The monoisotopic (exact) mass is 388 g/mol. The predicted molar refractivity (Wildman–Crippen MR) is 112 cm³/mol. The second-order valence-corrected chi connectivity index (χ2v) is 7.50. The van der Waals surface area contributed by atoms with Crippen LogP contribution >= 0.6 is 0 Å². The molecule has 0 atom stereocenters. The topological polar surface area (TPSA) is 74.3 Å². The number of hydrogen-bond acceptors (Lipinski definition) is 3. The first kappa shape index (κ1) is 19.0. The first-order valence-electron chi connectivity index (χ1n) is 9.81. The van der Waals surface area contributed by atoms with Crippen molar-refractivity contribution in [3.63, 3.8) is 0 Å². The number of nitrogens with zero attached hydrogens (tertiary/aromatic N) is 1. The van der Waals surface area contributed by atoms with E-state index in [0.717, 1.165) is 29.9 Å². The minimum Gasteiger partial charge on any atom is -0.485 e. The van der Waals surface area contributed by atoms with Crippen LogP contribution < -0.4 is 10.5 Å². The molecule has 2 N–H and O–H groups in total. The molecule has 0 aliphatic heterocycles. The Kier molecular flexibility index (Phi) is 4.97. The van der Waals surface area contributed by atoms with Crippen molar-refractivity contribution in [1.29, 1.82) is 0 Å². The maximum atomic E-state index is 12.8. The number of primary amides is 1. The molecule has 3 aromatic rings. The van der Waals surface area contributed by atoms with Gasteiger partial charge in [0.25, 0.3) is 5.91 Å². The third-order valence-electron chi connectivity index (χ3n) is 5.58. The van der Waals surface area contributed by atoms with Gasteiger partial charge in [0.2, 0.25) is 5.78 Å². The molecular formula is C24H24N2O3. The Hall–Kier alpha value is -3.34. The highest BCUT2D eigenvalue weighted by molar-refractivity contribution is 5.99. The van der Waals surface area contributed by atoms with E-state index in [-0.39, 0.29) is 18.0 Å². The quantitative estimate of drug-likeness (QED) is 0.650. The minimum absolute atomic E-state index is 0.134. The first-order chi connectivity index (χ1) is 14.0. The van der Waals surface area contributed by atoms with Crippen LogP contribution in [0.1, 0.15) is 49.7 Å². The van der Waals surface area contributed by atoms with Crippen LogP contribution in [-0.2, 0) is 12.8 Å². The van der Waals surface area contributed by atoms with E-state index in [1.165, 1.54) is 17.5 Å². The van der Waals surface area contributed by atoms with Crippen molar-refractivity contribution in [3.05, 3.63) is 82.2 Å². The summed E-state index contributed by atoms with van der Waals surface area (Å²) in [6, 6.07) is 15.1. The van der Waals surface area contributed by atoms with Gasteiger partial charge in [0.1, 0.15) is 5.75 Å². The number of carbonyl (C=O) groups excluding carboxylic acids is 2. The van der Waals surface area contributed by atoms with Crippen LogP contribution in [0.3, 0.4) is 0 Å². The zero-order valence-corrected chi connectivity index (χ0v) is 16.7. The molecule has 0 saturated carbocycles. The Morgan fingerprint density at radius 1 is 1.00 bits per heavy atom. The van der Waals surface area contributed by atoms with Crippen LogP contribution in [0, 0.1) is 13.8 Å². The van der Waals surface area contributed by atoms with Crippen LogP contribution in [0.2, 0.25) is 0 Å². The summed E-state index contributed by atoms with van der Waals surface area (Å²) < 4.78 is 7.74. The average molecular weight is 388 g/mol. The lowest BCUT2D eigenvalue weighted by molar-refractivity contribution is 0.0911. The molecule has 0 radical (unpaired) electrons. The molecule has 1 aromatic heterocycles. The van der Waals surface area contributed by atoms with E-state index in [4.69, 9.17) is 10.5 Å². The molecule has 0 unspecified atom stereocenters. The molecule has 1 amide bonds. The van der Waals surface area contributed by atoms with Crippen molar-refractivity contribution in [3.8, 4) is 11.4 Å². The first-order valence-corrected chi connectivity index (χ1v) is 9.81. The largest absolute Gasteiger partial charge is 0.485 e. The maximum absolute atomic E-state index is 12.8. The van der Waals surface area contributed by atoms with Gasteiger partial charge in [0, 0.05) is 22.6 Å². The normalized spacial score (nSPS) is 12.6. The molecule has 5 nitrogen and oxygen atoms in total. The lowest BCUT2D eigenvalue weighted by Crippen LogP contribution is -2.17. The van der Waals surface area contributed by atoms with Gasteiger partial charge in [-0.05, 0) is 74.6 Å². The number of nitrogens with two attached hydrogens (primary N) is 1. The molecule has 2 aromatic carbocycles. The number of aryl methyl sites for hydroxylation is 3. The molecule has 1 aliphatic rings. The zero-order chi connectivity index (χ0) is 20.5. The minimum atomic E-state index is -0.581. The molecule has 29 heavy (non-hydrogen) atoms. The summed E-state index contributed by atoms with van der Waals surface area (Å²) in [5.41, 5.74) is 12.1. The molecule has 4 rings (SSSR count). The molecule has 1 heterocycles. The number of ether oxygens (including phenoxy) is 1. The van der Waals surface area contributed by atoms with E-state index in [0.29, 0.717) is 11.3 Å². The number of aromatic nitrogens is 1. The van der Waals surface area contributed by atoms with Gasteiger partial charge in [-0.3, -0.25) is 9.59 Å². The molecule has 5 heteroatoms. The number of para-hydroxylation sites is 1. The number of Topliss-reactive ketones (excluding diaryl/α,β-unsaturated/α-hetero) is 1. The van der Waals surface area contributed by atoms with Crippen molar-refractivity contribution in [2.75, 3.05) is 6.61 Å². The average Bonchev–Trinajstić information content (AvgIpc) is 3.29. The van der Waals surface area contributed by atoms with E-state index in [9.17, 15) is 9.59 Å². The number of benzene rings is 2. The van der Waals surface area contributed by atoms with Gasteiger partial charge in [0.15, 0.2) is 6.61 Å². The van der Waals surface area contributed by atoms with E-state index < -0.39 is 5.91 Å². The predicted octanol–water partition coefficient (Wildman–Crippen LogP) is 3.94. The van der Waals surface area contributed by atoms with E-state index >= 15 is 0 Å². The number of hydrogen-bond donors (Lipinski definition) is 1. The second-order valence-electron chi connectivity index (χ2n) is 7.50. The summed E-state index contributed by atoms with van der Waals surface area (Å²) in [7, 11) is 0. The summed E-state index contributed by atoms with van der Waals surface area (Å²) in [5, 5.41) is 0. The number of fused-ring (bicyclic) bond motifs is 1. The number of amides is 1. The Morgan fingerprint density at radius 3 is 2.55 bits per heavy atom. The SMILES string of the molecule is Cc1cc(C(=O)COc2ccccc2C(N)=O)c(C)n1-c1ccc2c(c1)CCC2. The summed E-state index contributed by atoms with van der Waals surface area (Å²) in [6.45, 7) is 3.80. The summed E-state index contributed by atoms with van der Waals surface area (Å²) in [6.07, 6.45) is 3.46. The van der Waals surface area contributed by atoms with Crippen molar-refractivity contribution in [2.45, 2.75) is 33.1 Å².